The molecule has 4 nitrogen and oxygen atoms in total. The lowest BCUT2D eigenvalue weighted by molar-refractivity contribution is 0.0685. The van der Waals surface area contributed by atoms with Gasteiger partial charge in [0, 0.05) is 44.1 Å². The smallest absolute Gasteiger partial charge is 0.150 e. The third kappa shape index (κ3) is 2.78. The van der Waals surface area contributed by atoms with Gasteiger partial charge in [0.05, 0.1) is 11.2 Å². The number of fused-ring (bicyclic) bond motifs is 1. The molecule has 0 atom stereocenters. The van der Waals surface area contributed by atoms with Crippen molar-refractivity contribution in [2.24, 2.45) is 5.92 Å². The Hall–Kier alpha value is -1.88. The fraction of sp³-hybridized carbons (Fsp3) is 0.438. The molecule has 1 aliphatic heterocycles. The van der Waals surface area contributed by atoms with E-state index in [1.54, 1.807) is 6.20 Å². The van der Waals surface area contributed by atoms with Crippen LogP contribution in [0.1, 0.15) is 12.8 Å². The fourth-order valence-corrected chi connectivity index (χ4v) is 2.99. The molecule has 2 heterocycles. The Labute approximate surface area is 123 Å². The van der Waals surface area contributed by atoms with Crippen LogP contribution >= 0.6 is 0 Å². The summed E-state index contributed by atoms with van der Waals surface area (Å²) in [5.74, 6) is 0.215. The van der Waals surface area contributed by atoms with Crippen molar-refractivity contribution in [3.63, 3.8) is 0 Å². The van der Waals surface area contributed by atoms with Crippen molar-refractivity contribution >= 4 is 22.3 Å². The first-order valence-corrected chi connectivity index (χ1v) is 7.28. The molecule has 1 aliphatic rings. The van der Waals surface area contributed by atoms with Gasteiger partial charge in [-0.15, -0.1) is 0 Å². The highest BCUT2D eigenvalue weighted by atomic mass is 19.1. The predicted molar refractivity (Wildman–Crippen MR) is 82.9 cm³/mol. The lowest BCUT2D eigenvalue weighted by atomic mass is 9.99. The molecule has 1 aromatic heterocycles. The van der Waals surface area contributed by atoms with Gasteiger partial charge in [-0.25, -0.2) is 4.39 Å². The molecule has 0 unspecified atom stereocenters. The first-order chi connectivity index (χ1) is 10.2. The van der Waals surface area contributed by atoms with E-state index >= 15 is 0 Å². The highest BCUT2D eigenvalue weighted by Gasteiger charge is 2.20. The first kappa shape index (κ1) is 14.1. The third-order valence-corrected chi connectivity index (χ3v) is 4.11. The fourth-order valence-electron chi connectivity index (χ4n) is 2.99. The molecule has 1 fully saturated rings. The maximum Gasteiger partial charge on any atom is 0.150 e. The molecule has 21 heavy (non-hydrogen) atoms. The van der Waals surface area contributed by atoms with E-state index in [2.05, 4.69) is 4.98 Å². The molecule has 1 aromatic carbocycles. The van der Waals surface area contributed by atoms with Crippen LogP contribution in [0, 0.1) is 11.7 Å². The first-order valence-electron chi connectivity index (χ1n) is 7.28. The Morgan fingerprint density at radius 2 is 2.19 bits per heavy atom. The van der Waals surface area contributed by atoms with Crippen molar-refractivity contribution in [2.75, 3.05) is 37.4 Å². The van der Waals surface area contributed by atoms with Crippen LogP contribution in [0.2, 0.25) is 0 Å². The van der Waals surface area contributed by atoms with Gasteiger partial charge >= 0.3 is 0 Å². The number of rotatable bonds is 3. The van der Waals surface area contributed by atoms with Crippen LogP contribution in [-0.2, 0) is 4.74 Å². The van der Waals surface area contributed by atoms with Crippen molar-refractivity contribution in [1.82, 2.24) is 4.98 Å². The van der Waals surface area contributed by atoms with Crippen molar-refractivity contribution in [1.29, 1.82) is 0 Å². The molecule has 5 heteroatoms. The summed E-state index contributed by atoms with van der Waals surface area (Å²) in [5, 5.41) is 0.799. The van der Waals surface area contributed by atoms with E-state index < -0.39 is 0 Å². The number of aromatic nitrogens is 1. The minimum Gasteiger partial charge on any atom is -0.398 e. The molecule has 0 saturated carbocycles. The topological polar surface area (TPSA) is 51.4 Å². The summed E-state index contributed by atoms with van der Waals surface area (Å²) < 4.78 is 19.8. The maximum atomic E-state index is 14.4. The molecule has 2 aromatic rings. The summed E-state index contributed by atoms with van der Waals surface area (Å²) >= 11 is 0. The number of anilines is 2. The number of hydrogen-bond acceptors (Lipinski definition) is 4. The molecule has 0 spiro atoms. The molecule has 0 amide bonds. The van der Waals surface area contributed by atoms with Crippen molar-refractivity contribution < 1.29 is 9.13 Å². The molecule has 2 N–H and O–H groups in total. The van der Waals surface area contributed by atoms with Crippen LogP contribution < -0.4 is 10.6 Å². The van der Waals surface area contributed by atoms with Gasteiger partial charge in [0.25, 0.3) is 0 Å². The van der Waals surface area contributed by atoms with Gasteiger partial charge in [0.1, 0.15) is 0 Å². The monoisotopic (exact) mass is 289 g/mol. The van der Waals surface area contributed by atoms with Gasteiger partial charge in [-0.05, 0) is 37.0 Å². The zero-order valence-electron chi connectivity index (χ0n) is 12.2. The molecule has 0 aliphatic carbocycles. The van der Waals surface area contributed by atoms with Crippen LogP contribution in [0.5, 0.6) is 0 Å². The van der Waals surface area contributed by atoms with E-state index in [1.165, 1.54) is 6.07 Å². The van der Waals surface area contributed by atoms with Gasteiger partial charge in [-0.1, -0.05) is 0 Å². The maximum absolute atomic E-state index is 14.4. The van der Waals surface area contributed by atoms with Crippen molar-refractivity contribution in [3.05, 3.63) is 30.2 Å². The van der Waals surface area contributed by atoms with Gasteiger partial charge in [0.15, 0.2) is 5.82 Å². The zero-order valence-corrected chi connectivity index (χ0v) is 12.2. The van der Waals surface area contributed by atoms with Gasteiger partial charge in [-0.3, -0.25) is 4.98 Å². The standard InChI is InChI=1S/C16H20FN3O/c1-20(10-11-4-7-21-8-5-11)16-13(17)9-14(18)12-3-2-6-19-15(12)16/h2-3,6,9,11H,4-5,7-8,10,18H2,1H3. The Morgan fingerprint density at radius 1 is 1.43 bits per heavy atom. The quantitative estimate of drug-likeness (QED) is 0.883. The van der Waals surface area contributed by atoms with E-state index in [0.29, 0.717) is 22.8 Å². The Bertz CT molecular complexity index is 641. The van der Waals surface area contributed by atoms with E-state index in [4.69, 9.17) is 10.5 Å². The SMILES string of the molecule is CN(CC1CCOCC1)c1c(F)cc(N)c2cccnc12. The number of benzene rings is 1. The second kappa shape index (κ2) is 5.85. The number of nitrogen functional groups attached to an aromatic ring is 1. The van der Waals surface area contributed by atoms with Crippen molar-refractivity contribution in [2.45, 2.75) is 12.8 Å². The molecule has 3 rings (SSSR count). The molecular weight excluding hydrogens is 269 g/mol. The lowest BCUT2D eigenvalue weighted by Gasteiger charge is -2.29. The average Bonchev–Trinajstić information content (AvgIpc) is 2.48. The Morgan fingerprint density at radius 3 is 2.95 bits per heavy atom. The number of hydrogen-bond donors (Lipinski definition) is 1. The number of halogens is 1. The summed E-state index contributed by atoms with van der Waals surface area (Å²) in [5.41, 5.74) is 7.49. The summed E-state index contributed by atoms with van der Waals surface area (Å²) in [7, 11) is 1.91. The van der Waals surface area contributed by atoms with Crippen molar-refractivity contribution in [3.8, 4) is 0 Å². The second-order valence-corrected chi connectivity index (χ2v) is 5.63. The number of ether oxygens (including phenoxy) is 1. The summed E-state index contributed by atoms with van der Waals surface area (Å²) in [6.07, 6.45) is 3.71. The number of nitrogens with two attached hydrogens (primary N) is 1. The van der Waals surface area contributed by atoms with E-state index in [0.717, 1.165) is 38.0 Å². The third-order valence-electron chi connectivity index (χ3n) is 4.11. The minimum atomic E-state index is -0.312. The Kier molecular flexibility index (Phi) is 3.92. The number of nitrogens with zero attached hydrogens (tertiary/aromatic N) is 2. The molecule has 1 saturated heterocycles. The predicted octanol–water partition coefficient (Wildman–Crippen LogP) is 2.82. The van der Waals surface area contributed by atoms with E-state index in [9.17, 15) is 4.39 Å². The zero-order chi connectivity index (χ0) is 14.8. The molecular formula is C16H20FN3O. The highest BCUT2D eigenvalue weighted by molar-refractivity contribution is 5.98. The largest absolute Gasteiger partial charge is 0.398 e. The lowest BCUT2D eigenvalue weighted by Crippen LogP contribution is -2.30. The van der Waals surface area contributed by atoms with E-state index in [-0.39, 0.29) is 5.82 Å². The Balaban J connectivity index is 1.95. The summed E-state index contributed by atoms with van der Waals surface area (Å²) in [6.45, 7) is 2.39. The molecule has 112 valence electrons. The average molecular weight is 289 g/mol. The van der Waals surface area contributed by atoms with Crippen LogP contribution in [0.3, 0.4) is 0 Å². The van der Waals surface area contributed by atoms with Crippen LogP contribution in [0.4, 0.5) is 15.8 Å². The van der Waals surface area contributed by atoms with Crippen LogP contribution in [-0.4, -0.2) is 31.8 Å². The van der Waals surface area contributed by atoms with E-state index in [1.807, 2.05) is 24.1 Å². The van der Waals surface area contributed by atoms with Crippen LogP contribution in [0.25, 0.3) is 10.9 Å². The van der Waals surface area contributed by atoms with Crippen LogP contribution in [0.15, 0.2) is 24.4 Å². The highest BCUT2D eigenvalue weighted by Crippen LogP contribution is 2.32. The summed E-state index contributed by atoms with van der Waals surface area (Å²) in [6, 6.07) is 5.08. The second-order valence-electron chi connectivity index (χ2n) is 5.63. The molecule has 0 radical (unpaired) electrons. The van der Waals surface area contributed by atoms with Gasteiger partial charge < -0.3 is 15.4 Å². The molecule has 0 bridgehead atoms. The summed E-state index contributed by atoms with van der Waals surface area (Å²) in [4.78, 5) is 6.29. The van der Waals surface area contributed by atoms with Gasteiger partial charge in [0.2, 0.25) is 0 Å². The van der Waals surface area contributed by atoms with Gasteiger partial charge in [-0.2, -0.15) is 0 Å². The normalized spacial score (nSPS) is 16.3. The number of pyridine rings is 1. The minimum absolute atomic E-state index is 0.312.